The Balaban J connectivity index is 1.95. The summed E-state index contributed by atoms with van der Waals surface area (Å²) in [5.41, 5.74) is -0.796. The number of hydrogen-bond acceptors (Lipinski definition) is 4. The number of aliphatic hydroxyl groups excluding tert-OH is 2. The number of hydrogen-bond donors (Lipinski definition) is 2. The van der Waals surface area contributed by atoms with Crippen LogP contribution in [0.4, 0.5) is 0 Å². The van der Waals surface area contributed by atoms with Gasteiger partial charge in [0.05, 0.1) is 18.8 Å². The molecule has 138 valence electrons. The minimum absolute atomic E-state index is 0.156. The topological polar surface area (TPSA) is 52.9 Å². The summed E-state index contributed by atoms with van der Waals surface area (Å²) in [6, 6.07) is 0. The summed E-state index contributed by atoms with van der Waals surface area (Å²) in [6.45, 7) is 9.34. The molecule has 2 rings (SSSR count). The van der Waals surface area contributed by atoms with Crippen molar-refractivity contribution in [3.8, 4) is 12.3 Å². The van der Waals surface area contributed by atoms with E-state index in [1.54, 1.807) is 0 Å². The van der Waals surface area contributed by atoms with Crippen LogP contribution < -0.4 is 0 Å². The Kier molecular flexibility index (Phi) is 6.03. The molecule has 0 spiro atoms. The molecule has 0 unspecified atom stereocenters. The van der Waals surface area contributed by atoms with Crippen LogP contribution in [0.15, 0.2) is 0 Å². The zero-order valence-electron chi connectivity index (χ0n) is 15.8. The number of β-amino-alcohol motifs (C(OH)–C–C–N with tert-alkyl or cyclic N) is 1. The van der Waals surface area contributed by atoms with Crippen LogP contribution in [0.2, 0.25) is 0 Å². The molecule has 0 aromatic carbocycles. The SMILES string of the molecule is C#CC1(OC[C@H](O)CN2C(C)(C)CC(O)CC2(C)C)CCCCC1. The van der Waals surface area contributed by atoms with Crippen molar-refractivity contribution < 1.29 is 14.9 Å². The fourth-order valence-corrected chi connectivity index (χ4v) is 4.73. The standard InChI is InChI=1S/C20H35NO3/c1-6-20(10-8-7-9-11-20)24-15-17(23)14-21-18(2,3)12-16(22)13-19(21,4)5/h1,16-17,22-23H,7-15H2,2-5H3/t17-/m1/s1. The Bertz CT molecular complexity index is 442. The van der Waals surface area contributed by atoms with Gasteiger partial charge in [-0.15, -0.1) is 6.42 Å². The lowest BCUT2D eigenvalue weighted by atomic mass is 9.78. The molecule has 24 heavy (non-hydrogen) atoms. The zero-order valence-corrected chi connectivity index (χ0v) is 15.8. The van der Waals surface area contributed by atoms with Crippen molar-refractivity contribution >= 4 is 0 Å². The molecule has 2 N–H and O–H groups in total. The van der Waals surface area contributed by atoms with Crippen LogP contribution in [0.25, 0.3) is 0 Å². The van der Waals surface area contributed by atoms with Gasteiger partial charge < -0.3 is 14.9 Å². The molecule has 0 aromatic heterocycles. The van der Waals surface area contributed by atoms with Crippen LogP contribution in [-0.4, -0.2) is 57.2 Å². The monoisotopic (exact) mass is 337 g/mol. The summed E-state index contributed by atoms with van der Waals surface area (Å²) < 4.78 is 6.02. The molecule has 1 saturated carbocycles. The number of terminal acetylenes is 1. The highest BCUT2D eigenvalue weighted by atomic mass is 16.5. The van der Waals surface area contributed by atoms with Gasteiger partial charge in [0.1, 0.15) is 5.60 Å². The summed E-state index contributed by atoms with van der Waals surface area (Å²) in [6.07, 6.45) is 11.5. The van der Waals surface area contributed by atoms with E-state index in [1.165, 1.54) is 6.42 Å². The largest absolute Gasteiger partial charge is 0.393 e. The quantitative estimate of drug-likeness (QED) is 0.758. The molecule has 1 aliphatic heterocycles. The van der Waals surface area contributed by atoms with Gasteiger partial charge in [-0.1, -0.05) is 12.3 Å². The minimum atomic E-state index is -0.578. The van der Waals surface area contributed by atoms with Crippen LogP contribution in [-0.2, 0) is 4.74 Å². The lowest BCUT2D eigenvalue weighted by molar-refractivity contribution is -0.117. The van der Waals surface area contributed by atoms with Gasteiger partial charge in [-0.25, -0.2) is 0 Å². The van der Waals surface area contributed by atoms with Crippen molar-refractivity contribution in [1.82, 2.24) is 4.90 Å². The first-order valence-corrected chi connectivity index (χ1v) is 9.36. The van der Waals surface area contributed by atoms with Gasteiger partial charge in [-0.05, 0) is 66.2 Å². The summed E-state index contributed by atoms with van der Waals surface area (Å²) in [5.74, 6) is 2.83. The number of nitrogens with zero attached hydrogens (tertiary/aromatic N) is 1. The molecule has 2 fully saturated rings. The van der Waals surface area contributed by atoms with Gasteiger partial charge in [0, 0.05) is 17.6 Å². The number of rotatable bonds is 5. The van der Waals surface area contributed by atoms with Gasteiger partial charge in [-0.2, -0.15) is 0 Å². The number of piperidine rings is 1. The molecule has 0 amide bonds. The van der Waals surface area contributed by atoms with Crippen LogP contribution in [0.3, 0.4) is 0 Å². The van der Waals surface area contributed by atoms with E-state index in [4.69, 9.17) is 11.2 Å². The van der Waals surface area contributed by atoms with E-state index in [-0.39, 0.29) is 23.8 Å². The third-order valence-corrected chi connectivity index (χ3v) is 5.80. The van der Waals surface area contributed by atoms with Crippen molar-refractivity contribution in [1.29, 1.82) is 0 Å². The molecule has 4 nitrogen and oxygen atoms in total. The van der Waals surface area contributed by atoms with Gasteiger partial charge in [-0.3, -0.25) is 4.90 Å². The van der Waals surface area contributed by atoms with Crippen LogP contribution >= 0.6 is 0 Å². The lowest BCUT2D eigenvalue weighted by Crippen LogP contribution is -2.63. The molecular formula is C20H35NO3. The van der Waals surface area contributed by atoms with Gasteiger partial charge in [0.15, 0.2) is 0 Å². The average Bonchev–Trinajstić information content (AvgIpc) is 2.49. The minimum Gasteiger partial charge on any atom is -0.393 e. The predicted octanol–water partition coefficient (Wildman–Crippen LogP) is 2.71. The first-order chi connectivity index (χ1) is 11.1. The van der Waals surface area contributed by atoms with Gasteiger partial charge in [0.2, 0.25) is 0 Å². The third kappa shape index (κ3) is 4.52. The molecule has 0 radical (unpaired) electrons. The molecule has 2 aliphatic rings. The van der Waals surface area contributed by atoms with Crippen molar-refractivity contribution in [3.63, 3.8) is 0 Å². The Labute approximate surface area is 147 Å². The van der Waals surface area contributed by atoms with E-state index >= 15 is 0 Å². The summed E-state index contributed by atoms with van der Waals surface area (Å²) in [4.78, 5) is 2.31. The Morgan fingerprint density at radius 2 is 1.67 bits per heavy atom. The second kappa shape index (κ2) is 7.33. The summed E-state index contributed by atoms with van der Waals surface area (Å²) in [5, 5.41) is 20.7. The van der Waals surface area contributed by atoms with E-state index in [2.05, 4.69) is 38.5 Å². The molecule has 4 heteroatoms. The van der Waals surface area contributed by atoms with Crippen molar-refractivity contribution in [2.75, 3.05) is 13.2 Å². The molecule has 1 heterocycles. The van der Waals surface area contributed by atoms with E-state index < -0.39 is 11.7 Å². The van der Waals surface area contributed by atoms with E-state index in [0.717, 1.165) is 38.5 Å². The number of aliphatic hydroxyl groups is 2. The van der Waals surface area contributed by atoms with E-state index in [0.29, 0.717) is 6.54 Å². The second-order valence-electron chi connectivity index (χ2n) is 8.96. The number of ether oxygens (including phenoxy) is 1. The van der Waals surface area contributed by atoms with Crippen LogP contribution in [0.5, 0.6) is 0 Å². The molecule has 1 atom stereocenters. The van der Waals surface area contributed by atoms with Crippen LogP contribution in [0.1, 0.15) is 72.6 Å². The van der Waals surface area contributed by atoms with E-state index in [9.17, 15) is 10.2 Å². The first-order valence-electron chi connectivity index (χ1n) is 9.36. The fraction of sp³-hybridized carbons (Fsp3) is 0.900. The maximum atomic E-state index is 10.6. The highest BCUT2D eigenvalue weighted by Gasteiger charge is 2.45. The summed E-state index contributed by atoms with van der Waals surface area (Å²) >= 11 is 0. The Hall–Kier alpha value is -0.600. The maximum Gasteiger partial charge on any atom is 0.128 e. The average molecular weight is 338 g/mol. The number of likely N-dealkylation sites (tertiary alicyclic amines) is 1. The van der Waals surface area contributed by atoms with Crippen molar-refractivity contribution in [3.05, 3.63) is 0 Å². The van der Waals surface area contributed by atoms with Crippen molar-refractivity contribution in [2.24, 2.45) is 0 Å². The highest BCUT2D eigenvalue weighted by Crippen LogP contribution is 2.38. The predicted molar refractivity (Wildman–Crippen MR) is 96.7 cm³/mol. The molecule has 1 saturated heterocycles. The molecular weight excluding hydrogens is 302 g/mol. The van der Waals surface area contributed by atoms with E-state index in [1.807, 2.05) is 0 Å². The fourth-order valence-electron chi connectivity index (χ4n) is 4.73. The third-order valence-electron chi connectivity index (χ3n) is 5.80. The second-order valence-corrected chi connectivity index (χ2v) is 8.96. The van der Waals surface area contributed by atoms with Crippen LogP contribution in [0, 0.1) is 12.3 Å². The van der Waals surface area contributed by atoms with Crippen molar-refractivity contribution in [2.45, 2.75) is 102 Å². The first kappa shape index (κ1) is 19.7. The normalized spacial score (nSPS) is 28.2. The molecule has 1 aliphatic carbocycles. The maximum absolute atomic E-state index is 10.6. The van der Waals surface area contributed by atoms with Gasteiger partial charge >= 0.3 is 0 Å². The molecule has 0 aromatic rings. The zero-order chi connectivity index (χ0) is 18.0. The lowest BCUT2D eigenvalue weighted by Gasteiger charge is -2.55. The Morgan fingerprint density at radius 1 is 1.12 bits per heavy atom. The highest BCUT2D eigenvalue weighted by molar-refractivity contribution is 5.10. The Morgan fingerprint density at radius 3 is 2.17 bits per heavy atom. The smallest absolute Gasteiger partial charge is 0.128 e. The summed E-state index contributed by atoms with van der Waals surface area (Å²) in [7, 11) is 0. The van der Waals surface area contributed by atoms with Gasteiger partial charge in [0.25, 0.3) is 0 Å². The molecule has 0 bridgehead atoms.